The van der Waals surface area contributed by atoms with Crippen molar-refractivity contribution in [1.82, 2.24) is 14.5 Å². The van der Waals surface area contributed by atoms with Gasteiger partial charge in [-0.15, -0.1) is 0 Å². The first-order valence-electron chi connectivity index (χ1n) is 6.68. The highest BCUT2D eigenvalue weighted by atomic mass is 32.2. The van der Waals surface area contributed by atoms with Crippen molar-refractivity contribution in [3.63, 3.8) is 0 Å². The molecule has 1 heterocycles. The van der Waals surface area contributed by atoms with E-state index in [1.54, 1.807) is 10.9 Å². The van der Waals surface area contributed by atoms with Gasteiger partial charge in [0.2, 0.25) is 10.0 Å². The monoisotopic (exact) mass is 288 g/mol. The summed E-state index contributed by atoms with van der Waals surface area (Å²) in [5, 5.41) is 4.02. The van der Waals surface area contributed by atoms with E-state index in [9.17, 15) is 8.42 Å². The molecular formula is C12H24N4O2S. The molecule has 0 amide bonds. The summed E-state index contributed by atoms with van der Waals surface area (Å²) in [7, 11) is -3.43. The van der Waals surface area contributed by atoms with Gasteiger partial charge in [-0.05, 0) is 31.7 Å². The molecule has 3 N–H and O–H groups in total. The Kier molecular flexibility index (Phi) is 6.47. The lowest BCUT2D eigenvalue weighted by atomic mass is 10.1. The highest BCUT2D eigenvalue weighted by Gasteiger charge is 2.15. The lowest BCUT2D eigenvalue weighted by molar-refractivity contribution is 0.539. The van der Waals surface area contributed by atoms with Gasteiger partial charge in [-0.3, -0.25) is 4.68 Å². The zero-order chi connectivity index (χ0) is 14.3. The van der Waals surface area contributed by atoms with Crippen LogP contribution < -0.4 is 10.5 Å². The van der Waals surface area contributed by atoms with E-state index in [-0.39, 0.29) is 4.90 Å². The average Bonchev–Trinajstić information content (AvgIpc) is 2.81. The Morgan fingerprint density at radius 1 is 1.42 bits per heavy atom. The number of aromatic nitrogens is 2. The normalized spacial score (nSPS) is 12.2. The summed E-state index contributed by atoms with van der Waals surface area (Å²) < 4.78 is 28.2. The first kappa shape index (κ1) is 16.1. The molecule has 7 heteroatoms. The molecule has 1 aromatic heterocycles. The van der Waals surface area contributed by atoms with E-state index < -0.39 is 10.0 Å². The second-order valence-electron chi connectivity index (χ2n) is 5.02. The van der Waals surface area contributed by atoms with E-state index in [1.807, 2.05) is 0 Å². The molecule has 1 aromatic rings. The van der Waals surface area contributed by atoms with Crippen LogP contribution in [0.25, 0.3) is 0 Å². The Hall–Kier alpha value is -0.920. The minimum Gasteiger partial charge on any atom is -0.330 e. The van der Waals surface area contributed by atoms with Crippen molar-refractivity contribution in [3.05, 3.63) is 12.4 Å². The Labute approximate surface area is 115 Å². The number of nitrogens with two attached hydrogens (primary N) is 1. The summed E-state index contributed by atoms with van der Waals surface area (Å²) in [4.78, 5) is 0.217. The summed E-state index contributed by atoms with van der Waals surface area (Å²) in [5.41, 5.74) is 5.40. The van der Waals surface area contributed by atoms with Gasteiger partial charge < -0.3 is 5.73 Å². The minimum atomic E-state index is -3.43. The van der Waals surface area contributed by atoms with Crippen LogP contribution in [0.3, 0.4) is 0 Å². The van der Waals surface area contributed by atoms with Crippen molar-refractivity contribution >= 4 is 10.0 Å². The van der Waals surface area contributed by atoms with Gasteiger partial charge in [0.1, 0.15) is 4.90 Å². The molecule has 0 radical (unpaired) electrons. The Morgan fingerprint density at radius 2 is 2.16 bits per heavy atom. The minimum absolute atomic E-state index is 0.217. The molecule has 0 aliphatic carbocycles. The van der Waals surface area contributed by atoms with Crippen molar-refractivity contribution < 1.29 is 8.42 Å². The van der Waals surface area contributed by atoms with Crippen molar-refractivity contribution in [2.24, 2.45) is 11.7 Å². The van der Waals surface area contributed by atoms with Crippen molar-refractivity contribution in [2.75, 3.05) is 13.1 Å². The first-order valence-corrected chi connectivity index (χ1v) is 8.16. The maximum absolute atomic E-state index is 12.0. The van der Waals surface area contributed by atoms with Crippen LogP contribution in [0.1, 0.15) is 33.1 Å². The molecule has 6 nitrogen and oxygen atoms in total. The number of sulfonamides is 1. The molecule has 110 valence electrons. The molecule has 0 aromatic carbocycles. The van der Waals surface area contributed by atoms with E-state index in [0.29, 0.717) is 25.6 Å². The fraction of sp³-hybridized carbons (Fsp3) is 0.750. The van der Waals surface area contributed by atoms with Gasteiger partial charge in [-0.1, -0.05) is 13.8 Å². The first-order chi connectivity index (χ1) is 8.95. The number of rotatable bonds is 9. The Bertz CT molecular complexity index is 468. The number of hydrogen-bond donors (Lipinski definition) is 2. The quantitative estimate of drug-likeness (QED) is 0.662. The van der Waals surface area contributed by atoms with E-state index in [4.69, 9.17) is 5.73 Å². The standard InChI is InChI=1S/C12H24N4O2S/c1-11(2)5-3-7-15-19(17,18)12-9-14-16(10-12)8-4-6-13/h9-11,15H,3-8,13H2,1-2H3. The fourth-order valence-corrected chi connectivity index (χ4v) is 2.69. The largest absolute Gasteiger partial charge is 0.330 e. The van der Waals surface area contributed by atoms with Crippen LogP contribution in [0.5, 0.6) is 0 Å². The van der Waals surface area contributed by atoms with Gasteiger partial charge in [0.15, 0.2) is 0 Å². The molecular weight excluding hydrogens is 264 g/mol. The summed E-state index contributed by atoms with van der Waals surface area (Å²) in [5.74, 6) is 0.587. The number of nitrogens with zero attached hydrogens (tertiary/aromatic N) is 2. The fourth-order valence-electron chi connectivity index (χ4n) is 1.66. The number of hydrogen-bond acceptors (Lipinski definition) is 4. The third-order valence-electron chi connectivity index (χ3n) is 2.76. The average molecular weight is 288 g/mol. The summed E-state index contributed by atoms with van der Waals surface area (Å²) in [6.07, 6.45) is 5.56. The van der Waals surface area contributed by atoms with Crippen LogP contribution in [0.4, 0.5) is 0 Å². The zero-order valence-corrected chi connectivity index (χ0v) is 12.5. The van der Waals surface area contributed by atoms with Crippen LogP contribution in [0.2, 0.25) is 0 Å². The molecule has 1 rings (SSSR count). The maximum Gasteiger partial charge on any atom is 0.243 e. The van der Waals surface area contributed by atoms with Crippen molar-refractivity contribution in [1.29, 1.82) is 0 Å². The molecule has 0 spiro atoms. The molecule has 0 unspecified atom stereocenters. The summed E-state index contributed by atoms with van der Waals surface area (Å²) >= 11 is 0. The van der Waals surface area contributed by atoms with E-state index in [0.717, 1.165) is 19.3 Å². The predicted octanol–water partition coefficient (Wildman–Crippen LogP) is 0.946. The van der Waals surface area contributed by atoms with Gasteiger partial charge in [-0.25, -0.2) is 13.1 Å². The van der Waals surface area contributed by atoms with Crippen LogP contribution in [0, 0.1) is 5.92 Å². The molecule has 0 aliphatic rings. The molecule has 0 saturated carbocycles. The molecule has 0 bridgehead atoms. The highest BCUT2D eigenvalue weighted by Crippen LogP contribution is 2.08. The molecule has 19 heavy (non-hydrogen) atoms. The Balaban J connectivity index is 2.50. The number of nitrogens with one attached hydrogen (secondary N) is 1. The van der Waals surface area contributed by atoms with Crippen molar-refractivity contribution in [2.45, 2.75) is 44.6 Å². The second-order valence-corrected chi connectivity index (χ2v) is 6.78. The van der Waals surface area contributed by atoms with Gasteiger partial charge in [0, 0.05) is 19.3 Å². The smallest absolute Gasteiger partial charge is 0.243 e. The van der Waals surface area contributed by atoms with E-state index in [2.05, 4.69) is 23.7 Å². The lowest BCUT2D eigenvalue weighted by Gasteiger charge is -2.06. The predicted molar refractivity (Wildman–Crippen MR) is 75.2 cm³/mol. The van der Waals surface area contributed by atoms with Crippen LogP contribution >= 0.6 is 0 Å². The van der Waals surface area contributed by atoms with Gasteiger partial charge in [0.25, 0.3) is 0 Å². The topological polar surface area (TPSA) is 90.0 Å². The molecule has 0 aliphatic heterocycles. The highest BCUT2D eigenvalue weighted by molar-refractivity contribution is 7.89. The lowest BCUT2D eigenvalue weighted by Crippen LogP contribution is -2.24. The molecule has 0 saturated heterocycles. The second kappa shape index (κ2) is 7.62. The van der Waals surface area contributed by atoms with Gasteiger partial charge >= 0.3 is 0 Å². The maximum atomic E-state index is 12.0. The zero-order valence-electron chi connectivity index (χ0n) is 11.7. The number of aryl methyl sites for hydroxylation is 1. The van der Waals surface area contributed by atoms with Gasteiger partial charge in [0.05, 0.1) is 6.20 Å². The third kappa shape index (κ3) is 5.71. The van der Waals surface area contributed by atoms with Crippen LogP contribution in [0.15, 0.2) is 17.3 Å². The Morgan fingerprint density at radius 3 is 2.79 bits per heavy atom. The van der Waals surface area contributed by atoms with Crippen molar-refractivity contribution in [3.8, 4) is 0 Å². The summed E-state index contributed by atoms with van der Waals surface area (Å²) in [6, 6.07) is 0. The SMILES string of the molecule is CC(C)CCCNS(=O)(=O)c1cnn(CCCN)c1. The van der Waals surface area contributed by atoms with E-state index >= 15 is 0 Å². The molecule has 0 fully saturated rings. The summed E-state index contributed by atoms with van der Waals surface area (Å²) in [6.45, 7) is 5.91. The van der Waals surface area contributed by atoms with E-state index in [1.165, 1.54) is 6.20 Å². The molecule has 0 atom stereocenters. The van der Waals surface area contributed by atoms with Crippen LogP contribution in [-0.4, -0.2) is 31.3 Å². The third-order valence-corrected chi connectivity index (χ3v) is 4.18. The van der Waals surface area contributed by atoms with Gasteiger partial charge in [-0.2, -0.15) is 5.10 Å². The van der Waals surface area contributed by atoms with Crippen LogP contribution in [-0.2, 0) is 16.6 Å².